The Labute approximate surface area is 172 Å². The van der Waals surface area contributed by atoms with Gasteiger partial charge < -0.3 is 20.4 Å². The first-order chi connectivity index (χ1) is 14.3. The monoisotopic (exact) mass is 426 g/mol. The van der Waals surface area contributed by atoms with Gasteiger partial charge in [-0.15, -0.1) is 0 Å². The maximum Gasteiger partial charge on any atom is 0.167 e. The molecule has 2 aromatic heterocycles. The number of aromatic nitrogens is 4. The van der Waals surface area contributed by atoms with Crippen molar-refractivity contribution in [2.75, 3.05) is 18.9 Å². The average Bonchev–Trinajstić information content (AvgIpc) is 3.24. The van der Waals surface area contributed by atoms with E-state index in [0.717, 1.165) is 6.29 Å². The summed E-state index contributed by atoms with van der Waals surface area (Å²) in [7, 11) is 0. The quantitative estimate of drug-likeness (QED) is 0.194. The first-order valence-electron chi connectivity index (χ1n) is 9.36. The summed E-state index contributed by atoms with van der Waals surface area (Å²) < 4.78 is 7.50. The molecule has 4 atom stereocenters. The van der Waals surface area contributed by atoms with Crippen LogP contribution >= 0.6 is 0 Å². The third-order valence-corrected chi connectivity index (χ3v) is 4.90. The molecule has 13 nitrogen and oxygen atoms in total. The van der Waals surface area contributed by atoms with Crippen LogP contribution in [-0.4, -0.2) is 56.3 Å². The number of anilines is 1. The average molecular weight is 426 g/mol. The van der Waals surface area contributed by atoms with E-state index >= 15 is 0 Å². The van der Waals surface area contributed by atoms with Crippen molar-refractivity contribution in [3.63, 3.8) is 0 Å². The van der Waals surface area contributed by atoms with Gasteiger partial charge in [-0.2, -0.15) is 0 Å². The number of hydrogen-bond acceptors (Lipinski definition) is 12. The topological polar surface area (TPSA) is 165 Å². The molecule has 0 bridgehead atoms. The standard InChI is InChI=1S/C17H26N6O7/c1-10-11(6-27-30-29-22-26-7-17(2,3)4-5-24)28-16(13(10)25)23-9-21-12-14(18)19-8-20-15(12)23/h5,8-11,13,16,22,25H,4,6-7H2,1-3H3,(H2,18,19,20). The molecule has 30 heavy (non-hydrogen) atoms. The second kappa shape index (κ2) is 9.70. The lowest BCUT2D eigenvalue weighted by atomic mass is 9.91. The lowest BCUT2D eigenvalue weighted by molar-refractivity contribution is -0.563. The molecule has 13 heteroatoms. The van der Waals surface area contributed by atoms with Crippen LogP contribution in [0.4, 0.5) is 5.82 Å². The molecule has 1 aliphatic rings. The molecule has 1 fully saturated rings. The molecule has 166 valence electrons. The van der Waals surface area contributed by atoms with Gasteiger partial charge in [0.2, 0.25) is 0 Å². The number of aliphatic hydroxyl groups is 1. The molecule has 1 aliphatic heterocycles. The molecule has 4 N–H and O–H groups in total. The van der Waals surface area contributed by atoms with Crippen LogP contribution < -0.4 is 11.4 Å². The Morgan fingerprint density at radius 3 is 2.97 bits per heavy atom. The molecule has 0 radical (unpaired) electrons. The van der Waals surface area contributed by atoms with Gasteiger partial charge in [0.25, 0.3) is 0 Å². The van der Waals surface area contributed by atoms with E-state index in [0.29, 0.717) is 17.6 Å². The Morgan fingerprint density at radius 2 is 2.20 bits per heavy atom. The van der Waals surface area contributed by atoms with E-state index in [1.807, 2.05) is 20.8 Å². The third kappa shape index (κ3) is 5.07. The molecule has 0 aromatic carbocycles. The Bertz CT molecular complexity index is 847. The highest BCUT2D eigenvalue weighted by atomic mass is 17.6. The highest BCUT2D eigenvalue weighted by Crippen LogP contribution is 2.35. The van der Waals surface area contributed by atoms with Gasteiger partial charge in [0.1, 0.15) is 30.8 Å². The molecule has 4 unspecified atom stereocenters. The number of carbonyl (C=O) groups excluding carboxylic acids is 1. The fourth-order valence-electron chi connectivity index (χ4n) is 3.01. The molecule has 1 saturated heterocycles. The van der Waals surface area contributed by atoms with E-state index in [-0.39, 0.29) is 30.4 Å². The van der Waals surface area contributed by atoms with Gasteiger partial charge in [0.15, 0.2) is 17.7 Å². The molecular formula is C17H26N6O7. The van der Waals surface area contributed by atoms with Crippen molar-refractivity contribution >= 4 is 23.3 Å². The van der Waals surface area contributed by atoms with Crippen LogP contribution in [0.15, 0.2) is 12.7 Å². The summed E-state index contributed by atoms with van der Waals surface area (Å²) in [6.45, 7) is 5.75. The summed E-state index contributed by atoms with van der Waals surface area (Å²) in [6.07, 6.45) is 1.93. The Morgan fingerprint density at radius 1 is 1.40 bits per heavy atom. The van der Waals surface area contributed by atoms with Crippen molar-refractivity contribution in [3.8, 4) is 0 Å². The van der Waals surface area contributed by atoms with Crippen LogP contribution in [0.1, 0.15) is 33.4 Å². The summed E-state index contributed by atoms with van der Waals surface area (Å²) in [6, 6.07) is 0. The summed E-state index contributed by atoms with van der Waals surface area (Å²) in [5.74, 6) is -0.0300. The first-order valence-corrected chi connectivity index (χ1v) is 9.36. The zero-order valence-electron chi connectivity index (χ0n) is 16.9. The van der Waals surface area contributed by atoms with Gasteiger partial charge in [-0.05, 0) is 16.1 Å². The highest BCUT2D eigenvalue weighted by molar-refractivity contribution is 5.81. The molecule has 3 heterocycles. The van der Waals surface area contributed by atoms with Crippen molar-refractivity contribution < 1.29 is 34.4 Å². The predicted molar refractivity (Wildman–Crippen MR) is 100 cm³/mol. The highest BCUT2D eigenvalue weighted by Gasteiger charge is 2.43. The second-order valence-electron chi connectivity index (χ2n) is 7.84. The van der Waals surface area contributed by atoms with Crippen LogP contribution in [0.5, 0.6) is 0 Å². The van der Waals surface area contributed by atoms with Crippen molar-refractivity contribution in [1.29, 1.82) is 0 Å². The maximum atomic E-state index is 10.6. The van der Waals surface area contributed by atoms with Crippen molar-refractivity contribution in [2.24, 2.45) is 11.3 Å². The van der Waals surface area contributed by atoms with Crippen molar-refractivity contribution in [3.05, 3.63) is 12.7 Å². The molecule has 3 rings (SSSR count). The van der Waals surface area contributed by atoms with Crippen LogP contribution in [0, 0.1) is 11.3 Å². The minimum atomic E-state index is -0.838. The normalized spacial score (nSPS) is 24.5. The van der Waals surface area contributed by atoms with E-state index in [2.05, 4.69) is 30.6 Å². The van der Waals surface area contributed by atoms with Crippen molar-refractivity contribution in [1.82, 2.24) is 25.2 Å². The third-order valence-electron chi connectivity index (χ3n) is 4.90. The van der Waals surface area contributed by atoms with Gasteiger partial charge in [-0.25, -0.2) is 19.8 Å². The zero-order valence-corrected chi connectivity index (χ0v) is 16.9. The van der Waals surface area contributed by atoms with Gasteiger partial charge >= 0.3 is 0 Å². The number of hydrogen-bond donors (Lipinski definition) is 3. The molecule has 0 amide bonds. The summed E-state index contributed by atoms with van der Waals surface area (Å²) in [5, 5.41) is 15.1. The van der Waals surface area contributed by atoms with E-state index in [4.69, 9.17) is 20.2 Å². The second-order valence-corrected chi connectivity index (χ2v) is 7.84. The Balaban J connectivity index is 1.44. The molecule has 0 saturated carbocycles. The fraction of sp³-hybridized carbons (Fsp3) is 0.647. The Hall–Kier alpha value is -2.26. The first kappa shape index (κ1) is 22.4. The number of nitrogens with one attached hydrogen (secondary N) is 1. The summed E-state index contributed by atoms with van der Waals surface area (Å²) in [5.41, 5.74) is 8.45. The zero-order chi connectivity index (χ0) is 21.7. The smallest absolute Gasteiger partial charge is 0.167 e. The Kier molecular flexibility index (Phi) is 7.25. The summed E-state index contributed by atoms with van der Waals surface area (Å²) >= 11 is 0. The number of aliphatic hydroxyl groups excluding tert-OH is 1. The van der Waals surface area contributed by atoms with Crippen LogP contribution in [0.2, 0.25) is 0 Å². The van der Waals surface area contributed by atoms with E-state index in [1.54, 1.807) is 4.57 Å². The van der Waals surface area contributed by atoms with Crippen LogP contribution in [-0.2, 0) is 29.3 Å². The number of carbonyl (C=O) groups is 1. The van der Waals surface area contributed by atoms with Crippen LogP contribution in [0.3, 0.4) is 0 Å². The van der Waals surface area contributed by atoms with Crippen LogP contribution in [0.25, 0.3) is 11.2 Å². The number of imidazole rings is 1. The summed E-state index contributed by atoms with van der Waals surface area (Å²) in [4.78, 5) is 37.3. The van der Waals surface area contributed by atoms with E-state index in [9.17, 15) is 9.90 Å². The van der Waals surface area contributed by atoms with Gasteiger partial charge in [-0.3, -0.25) is 9.40 Å². The lowest BCUT2D eigenvalue weighted by Gasteiger charge is -2.20. The van der Waals surface area contributed by atoms with E-state index < -0.39 is 18.4 Å². The van der Waals surface area contributed by atoms with E-state index in [1.165, 1.54) is 12.7 Å². The van der Waals surface area contributed by atoms with Crippen molar-refractivity contribution in [2.45, 2.75) is 45.6 Å². The van der Waals surface area contributed by atoms with Gasteiger partial charge in [-0.1, -0.05) is 25.8 Å². The lowest BCUT2D eigenvalue weighted by Crippen LogP contribution is -2.28. The molecule has 0 aliphatic carbocycles. The molecule has 2 aromatic rings. The number of ether oxygens (including phenoxy) is 1. The number of rotatable bonds is 11. The minimum Gasteiger partial charge on any atom is -0.388 e. The largest absolute Gasteiger partial charge is 0.388 e. The predicted octanol–water partition coefficient (Wildman–Crippen LogP) is 0.234. The number of fused-ring (bicyclic) bond motifs is 1. The minimum absolute atomic E-state index is 0.0171. The van der Waals surface area contributed by atoms with Gasteiger partial charge in [0.05, 0.1) is 19.0 Å². The number of nitrogens with two attached hydrogens (primary N) is 1. The number of nitrogens with zero attached hydrogens (tertiary/aromatic N) is 4. The number of aldehydes is 1. The van der Waals surface area contributed by atoms with Gasteiger partial charge in [0, 0.05) is 12.3 Å². The fourth-order valence-corrected chi connectivity index (χ4v) is 3.01. The number of nitrogen functional groups attached to an aromatic ring is 1. The molecule has 0 spiro atoms. The SMILES string of the molecule is CC1C(COOONOCC(C)(C)CC=O)OC(n2cnc3c(N)ncnc32)C1O. The maximum absolute atomic E-state index is 10.6. The molecular weight excluding hydrogens is 400 g/mol.